The summed E-state index contributed by atoms with van der Waals surface area (Å²) in [7, 11) is 0. The minimum atomic E-state index is 0.543. The molecule has 4 rings (SSSR count). The van der Waals surface area contributed by atoms with Gasteiger partial charge in [-0.05, 0) is 55.6 Å². The third-order valence-electron chi connectivity index (χ3n) is 4.86. The van der Waals surface area contributed by atoms with Gasteiger partial charge in [0.15, 0.2) is 0 Å². The van der Waals surface area contributed by atoms with Gasteiger partial charge >= 0.3 is 0 Å². The van der Waals surface area contributed by atoms with Gasteiger partial charge in [-0.2, -0.15) is 5.10 Å². The number of likely N-dealkylation sites (tertiary alicyclic amines) is 1. The maximum Gasteiger partial charge on any atom is 0.140 e. The minimum Gasteiger partial charge on any atom is -0.295 e. The Hall–Kier alpha value is -2.60. The molecule has 0 aliphatic carbocycles. The molecule has 3 aromatic rings. The van der Waals surface area contributed by atoms with Gasteiger partial charge in [-0.15, -0.1) is 0 Å². The van der Waals surface area contributed by atoms with Gasteiger partial charge in [0.25, 0.3) is 0 Å². The summed E-state index contributed by atoms with van der Waals surface area (Å²) in [4.78, 5) is 15.5. The van der Waals surface area contributed by atoms with E-state index < -0.39 is 0 Å². The molecule has 0 bridgehead atoms. The fraction of sp³-hybridized carbons (Fsp3) is 0.368. The highest BCUT2D eigenvalue weighted by atomic mass is 15.3. The quantitative estimate of drug-likeness (QED) is 0.718. The van der Waals surface area contributed by atoms with E-state index in [0.29, 0.717) is 5.92 Å². The summed E-state index contributed by atoms with van der Waals surface area (Å²) >= 11 is 0. The number of nitrogens with zero attached hydrogens (tertiary/aromatic N) is 6. The van der Waals surface area contributed by atoms with E-state index in [1.165, 1.54) is 12.0 Å². The van der Waals surface area contributed by atoms with E-state index in [9.17, 15) is 0 Å². The Bertz CT molecular complexity index is 829. The third kappa shape index (κ3) is 3.44. The molecule has 0 aromatic carbocycles. The Morgan fingerprint density at radius 3 is 2.84 bits per heavy atom. The highest BCUT2D eigenvalue weighted by molar-refractivity contribution is 5.59. The van der Waals surface area contributed by atoms with Crippen molar-refractivity contribution in [2.24, 2.45) is 0 Å². The molecule has 0 saturated carbocycles. The lowest BCUT2D eigenvalue weighted by Crippen LogP contribution is -2.22. The molecule has 0 amide bonds. The number of pyridine rings is 2. The second kappa shape index (κ2) is 7.11. The highest BCUT2D eigenvalue weighted by Gasteiger charge is 2.25. The molecule has 1 atom stereocenters. The first-order chi connectivity index (χ1) is 12.3. The van der Waals surface area contributed by atoms with Crippen molar-refractivity contribution in [3.8, 4) is 11.3 Å². The molecule has 0 N–H and O–H groups in total. The smallest absolute Gasteiger partial charge is 0.140 e. The summed E-state index contributed by atoms with van der Waals surface area (Å²) in [5.41, 5.74) is 3.49. The van der Waals surface area contributed by atoms with Gasteiger partial charge < -0.3 is 0 Å². The molecule has 0 unspecified atom stereocenters. The Morgan fingerprint density at radius 2 is 2.00 bits per heavy atom. The monoisotopic (exact) mass is 334 g/mol. The number of aryl methyl sites for hydroxylation is 1. The summed E-state index contributed by atoms with van der Waals surface area (Å²) in [5.74, 6) is 1.59. The summed E-state index contributed by atoms with van der Waals surface area (Å²) in [5, 5.41) is 4.26. The van der Waals surface area contributed by atoms with Gasteiger partial charge in [0.2, 0.25) is 0 Å². The molecule has 6 nitrogen and oxygen atoms in total. The van der Waals surface area contributed by atoms with Crippen LogP contribution in [0.15, 0.2) is 49.2 Å². The van der Waals surface area contributed by atoms with E-state index in [4.69, 9.17) is 0 Å². The van der Waals surface area contributed by atoms with Crippen LogP contribution in [0.3, 0.4) is 0 Å². The fourth-order valence-electron chi connectivity index (χ4n) is 3.50. The van der Waals surface area contributed by atoms with Gasteiger partial charge in [-0.25, -0.2) is 9.67 Å². The van der Waals surface area contributed by atoms with E-state index >= 15 is 0 Å². The van der Waals surface area contributed by atoms with Crippen molar-refractivity contribution in [3.05, 3.63) is 60.6 Å². The number of hydrogen-bond donors (Lipinski definition) is 0. The van der Waals surface area contributed by atoms with E-state index in [1.807, 2.05) is 35.4 Å². The van der Waals surface area contributed by atoms with Gasteiger partial charge in [-0.1, -0.05) is 0 Å². The van der Waals surface area contributed by atoms with Crippen molar-refractivity contribution in [1.82, 2.24) is 29.6 Å². The maximum atomic E-state index is 4.52. The lowest BCUT2D eigenvalue weighted by atomic mass is 9.98. The summed E-state index contributed by atoms with van der Waals surface area (Å²) in [6.07, 6.45) is 8.35. The normalized spacial score (nSPS) is 17.9. The predicted octanol–water partition coefficient (Wildman–Crippen LogP) is 2.74. The standard InChI is InChI=1S/C19H22N6/c1-2-25-19(22-14-23-25)13-24-10-6-17(12-24)16-5-9-21-18(11-16)15-3-7-20-8-4-15/h3-5,7-9,11,14,17H,2,6,10,12-13H2,1H3/t17-/m0/s1. The van der Waals surface area contributed by atoms with Crippen LogP contribution < -0.4 is 0 Å². The van der Waals surface area contributed by atoms with Crippen LogP contribution in [0.4, 0.5) is 0 Å². The molecule has 1 aliphatic heterocycles. The van der Waals surface area contributed by atoms with Crippen LogP contribution in [0.25, 0.3) is 11.3 Å². The van der Waals surface area contributed by atoms with Crippen molar-refractivity contribution in [2.75, 3.05) is 13.1 Å². The highest BCUT2D eigenvalue weighted by Crippen LogP contribution is 2.29. The Balaban J connectivity index is 1.47. The van der Waals surface area contributed by atoms with Crippen LogP contribution in [-0.2, 0) is 13.1 Å². The molecule has 4 heterocycles. The molecule has 1 aliphatic rings. The van der Waals surface area contributed by atoms with Crippen molar-refractivity contribution in [2.45, 2.75) is 32.4 Å². The SMILES string of the molecule is CCn1ncnc1CN1CC[C@H](c2ccnc(-c3ccncc3)c2)C1. The number of rotatable bonds is 5. The Kier molecular flexibility index (Phi) is 4.52. The zero-order chi connectivity index (χ0) is 17.1. The van der Waals surface area contributed by atoms with Crippen molar-refractivity contribution >= 4 is 0 Å². The van der Waals surface area contributed by atoms with E-state index in [1.54, 1.807) is 6.33 Å². The van der Waals surface area contributed by atoms with Crippen molar-refractivity contribution in [3.63, 3.8) is 0 Å². The van der Waals surface area contributed by atoms with Crippen LogP contribution in [0.1, 0.15) is 30.7 Å². The average molecular weight is 334 g/mol. The molecule has 1 fully saturated rings. The molecule has 0 spiro atoms. The lowest BCUT2D eigenvalue weighted by molar-refractivity contribution is 0.310. The van der Waals surface area contributed by atoms with Gasteiger partial charge in [0.1, 0.15) is 12.2 Å². The summed E-state index contributed by atoms with van der Waals surface area (Å²) < 4.78 is 1.97. The minimum absolute atomic E-state index is 0.543. The van der Waals surface area contributed by atoms with Gasteiger partial charge in [0.05, 0.1) is 12.2 Å². The van der Waals surface area contributed by atoms with Crippen LogP contribution in [0.2, 0.25) is 0 Å². The second-order valence-electron chi connectivity index (χ2n) is 6.42. The molecule has 6 heteroatoms. The largest absolute Gasteiger partial charge is 0.295 e. The first kappa shape index (κ1) is 15.9. The zero-order valence-electron chi connectivity index (χ0n) is 14.4. The number of hydrogen-bond acceptors (Lipinski definition) is 5. The van der Waals surface area contributed by atoms with E-state index in [-0.39, 0.29) is 0 Å². The third-order valence-corrected chi connectivity index (χ3v) is 4.86. The van der Waals surface area contributed by atoms with Crippen LogP contribution >= 0.6 is 0 Å². The Labute approximate surface area is 147 Å². The van der Waals surface area contributed by atoms with E-state index in [0.717, 1.165) is 43.3 Å². The van der Waals surface area contributed by atoms with E-state index in [2.05, 4.69) is 44.0 Å². The molecule has 128 valence electrons. The zero-order valence-corrected chi connectivity index (χ0v) is 14.4. The first-order valence-electron chi connectivity index (χ1n) is 8.79. The van der Waals surface area contributed by atoms with Gasteiger partial charge in [-0.3, -0.25) is 14.9 Å². The lowest BCUT2D eigenvalue weighted by Gasteiger charge is -2.16. The predicted molar refractivity (Wildman–Crippen MR) is 95.8 cm³/mol. The fourth-order valence-corrected chi connectivity index (χ4v) is 3.50. The maximum absolute atomic E-state index is 4.52. The van der Waals surface area contributed by atoms with Crippen LogP contribution in [0, 0.1) is 0 Å². The van der Waals surface area contributed by atoms with Crippen molar-refractivity contribution in [1.29, 1.82) is 0 Å². The van der Waals surface area contributed by atoms with Gasteiger partial charge in [0, 0.05) is 37.2 Å². The second-order valence-corrected chi connectivity index (χ2v) is 6.42. The molecule has 1 saturated heterocycles. The van der Waals surface area contributed by atoms with Crippen LogP contribution in [-0.4, -0.2) is 42.7 Å². The van der Waals surface area contributed by atoms with Crippen LogP contribution in [0.5, 0.6) is 0 Å². The average Bonchev–Trinajstić information content (AvgIpc) is 3.32. The molecular weight excluding hydrogens is 312 g/mol. The molecule has 3 aromatic heterocycles. The van der Waals surface area contributed by atoms with Crippen molar-refractivity contribution < 1.29 is 0 Å². The summed E-state index contributed by atoms with van der Waals surface area (Å²) in [6.45, 7) is 5.98. The molecule has 25 heavy (non-hydrogen) atoms. The molecule has 0 radical (unpaired) electrons. The molecular formula is C19H22N6. The number of aromatic nitrogens is 5. The summed E-state index contributed by atoms with van der Waals surface area (Å²) in [6, 6.07) is 8.38. The topological polar surface area (TPSA) is 59.7 Å². The first-order valence-corrected chi connectivity index (χ1v) is 8.79. The Morgan fingerprint density at radius 1 is 1.12 bits per heavy atom.